The van der Waals surface area contributed by atoms with Crippen LogP contribution in [0.15, 0.2) is 0 Å². The van der Waals surface area contributed by atoms with E-state index in [0.29, 0.717) is 0 Å². The first-order valence-corrected chi connectivity index (χ1v) is 5.11. The van der Waals surface area contributed by atoms with Crippen LogP contribution in [0.25, 0.3) is 0 Å². The molecule has 2 aliphatic heterocycles. The molecule has 0 amide bonds. The van der Waals surface area contributed by atoms with E-state index in [-0.39, 0.29) is 0 Å². The van der Waals surface area contributed by atoms with Gasteiger partial charge in [0.15, 0.2) is 11.9 Å². The highest BCUT2D eigenvalue weighted by Crippen LogP contribution is 2.54. The van der Waals surface area contributed by atoms with E-state index in [2.05, 4.69) is 0 Å². The Labute approximate surface area is 88.9 Å². The molecule has 0 radical (unpaired) electrons. The highest BCUT2D eigenvalue weighted by molar-refractivity contribution is 5.19. The van der Waals surface area contributed by atoms with Crippen molar-refractivity contribution >= 4 is 0 Å². The Balaban J connectivity index is 2.29. The summed E-state index contributed by atoms with van der Waals surface area (Å²) >= 11 is 0. The first kappa shape index (κ1) is 11.3. The first-order valence-electron chi connectivity index (χ1n) is 5.11. The van der Waals surface area contributed by atoms with Crippen LogP contribution in [0.5, 0.6) is 0 Å². The van der Waals surface area contributed by atoms with Crippen LogP contribution >= 0.6 is 0 Å². The summed E-state index contributed by atoms with van der Waals surface area (Å²) in [7, 11) is 1.52. The zero-order chi connectivity index (χ0) is 11.4. The second-order valence-electron chi connectivity index (χ2n) is 4.74. The standard InChI is InChI=1S/C10H18O5/c1-5(11)6-7-10(13-4,8(12)14-6)9(2,3)15-7/h5-8,11-12H,1-4H3/t5-,6-,7-,8?,10-/m1/s1. The molecule has 0 aromatic carbocycles. The second kappa shape index (κ2) is 3.15. The summed E-state index contributed by atoms with van der Waals surface area (Å²) in [6.07, 6.45) is -2.70. The van der Waals surface area contributed by atoms with Crippen LogP contribution in [0.1, 0.15) is 20.8 Å². The molecule has 0 aromatic rings. The predicted octanol–water partition coefficient (Wildman–Crippen LogP) is -0.353. The molecule has 15 heavy (non-hydrogen) atoms. The van der Waals surface area contributed by atoms with Crippen LogP contribution in [0.3, 0.4) is 0 Å². The van der Waals surface area contributed by atoms with Crippen molar-refractivity contribution in [2.24, 2.45) is 0 Å². The van der Waals surface area contributed by atoms with Crippen molar-refractivity contribution in [2.75, 3.05) is 7.11 Å². The molecule has 5 atom stereocenters. The number of rotatable bonds is 2. The number of aliphatic hydroxyl groups excluding tert-OH is 2. The van der Waals surface area contributed by atoms with Crippen LogP contribution in [-0.4, -0.2) is 53.1 Å². The van der Waals surface area contributed by atoms with Crippen molar-refractivity contribution in [3.05, 3.63) is 0 Å². The van der Waals surface area contributed by atoms with Gasteiger partial charge in [0.05, 0.1) is 11.7 Å². The number of aliphatic hydroxyl groups is 2. The smallest absolute Gasteiger partial charge is 0.190 e. The van der Waals surface area contributed by atoms with Crippen molar-refractivity contribution in [3.63, 3.8) is 0 Å². The van der Waals surface area contributed by atoms with Crippen LogP contribution in [0.2, 0.25) is 0 Å². The van der Waals surface area contributed by atoms with Gasteiger partial charge < -0.3 is 24.4 Å². The van der Waals surface area contributed by atoms with Crippen molar-refractivity contribution in [2.45, 2.75) is 56.6 Å². The maximum Gasteiger partial charge on any atom is 0.190 e. The average Bonchev–Trinajstić information content (AvgIpc) is 2.35. The third-order valence-electron chi connectivity index (χ3n) is 3.55. The minimum absolute atomic E-state index is 0.410. The predicted molar refractivity (Wildman–Crippen MR) is 51.3 cm³/mol. The number of ether oxygens (including phenoxy) is 3. The van der Waals surface area contributed by atoms with Gasteiger partial charge >= 0.3 is 0 Å². The lowest BCUT2D eigenvalue weighted by Crippen LogP contribution is -2.76. The number of fused-ring (bicyclic) bond motifs is 1. The van der Waals surface area contributed by atoms with E-state index in [0.717, 1.165) is 0 Å². The maximum absolute atomic E-state index is 9.89. The fourth-order valence-corrected chi connectivity index (χ4v) is 2.68. The molecule has 2 saturated heterocycles. The van der Waals surface area contributed by atoms with Crippen LogP contribution in [0.4, 0.5) is 0 Å². The molecule has 0 bridgehead atoms. The van der Waals surface area contributed by atoms with Gasteiger partial charge in [0.1, 0.15) is 12.2 Å². The molecule has 88 valence electrons. The summed E-state index contributed by atoms with van der Waals surface area (Å²) in [6.45, 7) is 5.28. The molecule has 2 rings (SSSR count). The Morgan fingerprint density at radius 3 is 2.33 bits per heavy atom. The fourth-order valence-electron chi connectivity index (χ4n) is 2.68. The number of hydrogen-bond donors (Lipinski definition) is 2. The van der Waals surface area contributed by atoms with Gasteiger partial charge in [-0.1, -0.05) is 0 Å². The van der Waals surface area contributed by atoms with Crippen LogP contribution in [-0.2, 0) is 14.2 Å². The Bertz CT molecular complexity index is 265. The molecule has 2 heterocycles. The molecule has 5 heteroatoms. The second-order valence-corrected chi connectivity index (χ2v) is 4.74. The Hall–Kier alpha value is -0.200. The van der Waals surface area contributed by atoms with E-state index in [1.165, 1.54) is 7.11 Å². The highest BCUT2D eigenvalue weighted by Gasteiger charge is 2.74. The number of hydrogen-bond acceptors (Lipinski definition) is 5. The molecular weight excluding hydrogens is 200 g/mol. The minimum atomic E-state index is -1.06. The summed E-state index contributed by atoms with van der Waals surface area (Å²) in [5.74, 6) is 0. The van der Waals surface area contributed by atoms with E-state index < -0.39 is 35.8 Å². The van der Waals surface area contributed by atoms with E-state index in [9.17, 15) is 10.2 Å². The molecule has 5 nitrogen and oxygen atoms in total. The van der Waals surface area contributed by atoms with Gasteiger partial charge in [0, 0.05) is 7.11 Å². The molecule has 0 aliphatic carbocycles. The summed E-state index contributed by atoms with van der Waals surface area (Å²) in [4.78, 5) is 0. The fraction of sp³-hybridized carbons (Fsp3) is 1.00. The third-order valence-corrected chi connectivity index (χ3v) is 3.55. The Morgan fingerprint density at radius 2 is 2.00 bits per heavy atom. The lowest BCUT2D eigenvalue weighted by Gasteiger charge is -2.57. The summed E-state index contributed by atoms with van der Waals surface area (Å²) in [5, 5.41) is 19.4. The lowest BCUT2D eigenvalue weighted by molar-refractivity contribution is -0.360. The molecule has 2 N–H and O–H groups in total. The van der Waals surface area contributed by atoms with E-state index in [4.69, 9.17) is 14.2 Å². The molecule has 1 unspecified atom stereocenters. The quantitative estimate of drug-likeness (QED) is 0.663. The van der Waals surface area contributed by atoms with Gasteiger partial charge in [-0.05, 0) is 20.8 Å². The monoisotopic (exact) mass is 218 g/mol. The maximum atomic E-state index is 9.89. The molecule has 2 aliphatic rings. The SMILES string of the molecule is CO[C@@]12C(O)O[C@H]([C@@H](C)O)[C@H]1OC2(C)C. The summed E-state index contributed by atoms with van der Waals surface area (Å²) in [5.41, 5.74) is -1.47. The molecule has 0 saturated carbocycles. The topological polar surface area (TPSA) is 68.2 Å². The Kier molecular flexibility index (Phi) is 2.37. The molecule has 2 fully saturated rings. The average molecular weight is 218 g/mol. The van der Waals surface area contributed by atoms with Gasteiger partial charge in [-0.3, -0.25) is 0 Å². The highest BCUT2D eigenvalue weighted by atomic mass is 16.7. The number of methoxy groups -OCH3 is 1. The van der Waals surface area contributed by atoms with Crippen molar-refractivity contribution < 1.29 is 24.4 Å². The summed E-state index contributed by atoms with van der Waals surface area (Å²) in [6, 6.07) is 0. The van der Waals surface area contributed by atoms with E-state index in [1.807, 2.05) is 13.8 Å². The zero-order valence-corrected chi connectivity index (χ0v) is 9.43. The van der Waals surface area contributed by atoms with Gasteiger partial charge in [0.25, 0.3) is 0 Å². The van der Waals surface area contributed by atoms with E-state index in [1.54, 1.807) is 6.92 Å². The van der Waals surface area contributed by atoms with Crippen molar-refractivity contribution in [1.82, 2.24) is 0 Å². The molecule has 0 spiro atoms. The van der Waals surface area contributed by atoms with Crippen molar-refractivity contribution in [1.29, 1.82) is 0 Å². The Morgan fingerprint density at radius 1 is 1.40 bits per heavy atom. The lowest BCUT2D eigenvalue weighted by atomic mass is 9.73. The largest absolute Gasteiger partial charge is 0.391 e. The van der Waals surface area contributed by atoms with Gasteiger partial charge in [-0.25, -0.2) is 0 Å². The van der Waals surface area contributed by atoms with Crippen molar-refractivity contribution in [3.8, 4) is 0 Å². The first-order chi connectivity index (χ1) is 6.87. The zero-order valence-electron chi connectivity index (χ0n) is 9.43. The van der Waals surface area contributed by atoms with Gasteiger partial charge in [0.2, 0.25) is 0 Å². The van der Waals surface area contributed by atoms with Gasteiger partial charge in [-0.2, -0.15) is 0 Å². The van der Waals surface area contributed by atoms with E-state index >= 15 is 0 Å². The third kappa shape index (κ3) is 1.15. The normalized spacial score (nSPS) is 49.6. The van der Waals surface area contributed by atoms with Crippen LogP contribution in [0, 0.1) is 0 Å². The van der Waals surface area contributed by atoms with Crippen LogP contribution < -0.4 is 0 Å². The molecule has 0 aromatic heterocycles. The molecular formula is C10H18O5. The summed E-state index contributed by atoms with van der Waals surface area (Å²) < 4.78 is 16.3. The van der Waals surface area contributed by atoms with Gasteiger partial charge in [-0.15, -0.1) is 0 Å². The minimum Gasteiger partial charge on any atom is -0.391 e.